The first-order valence-electron chi connectivity index (χ1n) is 6.45. The van der Waals surface area contributed by atoms with Gasteiger partial charge in [-0.3, -0.25) is 0 Å². The Morgan fingerprint density at radius 1 is 0.905 bits per heavy atom. The lowest BCUT2D eigenvalue weighted by atomic mass is 10.1. The summed E-state index contributed by atoms with van der Waals surface area (Å²) in [5, 5.41) is 1.87. The lowest BCUT2D eigenvalue weighted by molar-refractivity contribution is 1.13. The summed E-state index contributed by atoms with van der Waals surface area (Å²) in [6.07, 6.45) is 0. The van der Waals surface area contributed by atoms with Crippen LogP contribution in [0.25, 0.3) is 22.3 Å². The quantitative estimate of drug-likeness (QED) is 0.643. The minimum absolute atomic E-state index is 0.434. The predicted molar refractivity (Wildman–Crippen MR) is 89.3 cm³/mol. The number of benzene rings is 2. The van der Waals surface area contributed by atoms with Crippen LogP contribution >= 0.6 is 23.2 Å². The lowest BCUT2D eigenvalue weighted by Crippen LogP contribution is -2.08. The van der Waals surface area contributed by atoms with Gasteiger partial charge in [0.1, 0.15) is 5.15 Å². The zero-order valence-corrected chi connectivity index (χ0v) is 13.2. The van der Waals surface area contributed by atoms with E-state index in [0.717, 1.165) is 22.2 Å². The molecule has 1 aromatic heterocycles. The lowest BCUT2D eigenvalue weighted by Gasteiger charge is -2.12. The van der Waals surface area contributed by atoms with Gasteiger partial charge in [-0.2, -0.15) is 0 Å². The van der Waals surface area contributed by atoms with Gasteiger partial charge >= 0.3 is 0 Å². The van der Waals surface area contributed by atoms with Gasteiger partial charge in [-0.1, -0.05) is 23.2 Å². The second kappa shape index (κ2) is 5.51. The molecule has 3 rings (SSSR count). The summed E-state index contributed by atoms with van der Waals surface area (Å²) in [4.78, 5) is 11.0. The third kappa shape index (κ3) is 2.80. The van der Waals surface area contributed by atoms with E-state index in [1.165, 1.54) is 0 Å². The van der Waals surface area contributed by atoms with E-state index < -0.39 is 0 Å². The maximum Gasteiger partial charge on any atom is 0.161 e. The molecule has 0 aliphatic carbocycles. The first-order chi connectivity index (χ1) is 10.0. The van der Waals surface area contributed by atoms with E-state index in [-0.39, 0.29) is 0 Å². The van der Waals surface area contributed by atoms with Crippen molar-refractivity contribution in [3.8, 4) is 11.4 Å². The molecule has 1 heterocycles. The van der Waals surface area contributed by atoms with Crippen molar-refractivity contribution in [3.05, 3.63) is 52.6 Å². The molecule has 3 aromatic rings. The van der Waals surface area contributed by atoms with Crippen molar-refractivity contribution in [2.75, 3.05) is 19.0 Å². The number of halogens is 2. The van der Waals surface area contributed by atoms with Crippen LogP contribution in [0.15, 0.2) is 42.5 Å². The SMILES string of the molecule is CN(C)c1ccc(-c2nc(Cl)c3ccc(Cl)cc3n2)cc1. The fourth-order valence-corrected chi connectivity index (χ4v) is 2.51. The van der Waals surface area contributed by atoms with E-state index in [0.29, 0.717) is 16.0 Å². The molecule has 0 spiro atoms. The van der Waals surface area contributed by atoms with E-state index in [4.69, 9.17) is 23.2 Å². The summed E-state index contributed by atoms with van der Waals surface area (Å²) in [7, 11) is 4.00. The minimum Gasteiger partial charge on any atom is -0.378 e. The highest BCUT2D eigenvalue weighted by atomic mass is 35.5. The third-order valence-electron chi connectivity index (χ3n) is 3.25. The molecule has 0 N–H and O–H groups in total. The zero-order valence-electron chi connectivity index (χ0n) is 11.6. The van der Waals surface area contributed by atoms with E-state index in [9.17, 15) is 0 Å². The summed E-state index contributed by atoms with van der Waals surface area (Å²) < 4.78 is 0. The molecule has 0 aliphatic heterocycles. The number of hydrogen-bond donors (Lipinski definition) is 0. The Kier molecular flexibility index (Phi) is 3.70. The number of anilines is 1. The van der Waals surface area contributed by atoms with Crippen LogP contribution in [0.4, 0.5) is 5.69 Å². The molecule has 3 nitrogen and oxygen atoms in total. The zero-order chi connectivity index (χ0) is 15.0. The van der Waals surface area contributed by atoms with Crippen molar-refractivity contribution in [2.24, 2.45) is 0 Å². The second-order valence-corrected chi connectivity index (χ2v) is 5.74. The summed E-state index contributed by atoms with van der Waals surface area (Å²) in [6, 6.07) is 13.4. The molecule has 0 saturated heterocycles. The fourth-order valence-electron chi connectivity index (χ4n) is 2.10. The average Bonchev–Trinajstić information content (AvgIpc) is 2.46. The third-order valence-corrected chi connectivity index (χ3v) is 3.78. The molecule has 106 valence electrons. The molecule has 0 bridgehead atoms. The number of rotatable bonds is 2. The largest absolute Gasteiger partial charge is 0.378 e. The fraction of sp³-hybridized carbons (Fsp3) is 0.125. The Morgan fingerprint density at radius 3 is 2.29 bits per heavy atom. The molecule has 2 aromatic carbocycles. The van der Waals surface area contributed by atoms with Gasteiger partial charge in [0.15, 0.2) is 5.82 Å². The van der Waals surface area contributed by atoms with Gasteiger partial charge in [-0.05, 0) is 42.5 Å². The van der Waals surface area contributed by atoms with Crippen LogP contribution in [0.1, 0.15) is 0 Å². The van der Waals surface area contributed by atoms with Crippen molar-refractivity contribution >= 4 is 39.8 Å². The predicted octanol–water partition coefficient (Wildman–Crippen LogP) is 4.67. The van der Waals surface area contributed by atoms with Gasteiger partial charge < -0.3 is 4.90 Å². The molecule has 0 atom stereocenters. The van der Waals surface area contributed by atoms with Crippen LogP contribution < -0.4 is 4.90 Å². The molecule has 5 heteroatoms. The van der Waals surface area contributed by atoms with E-state index >= 15 is 0 Å². The highest BCUT2D eigenvalue weighted by molar-refractivity contribution is 6.35. The summed E-state index contributed by atoms with van der Waals surface area (Å²) in [6.45, 7) is 0. The summed E-state index contributed by atoms with van der Waals surface area (Å²) in [5.74, 6) is 0.597. The molecule has 21 heavy (non-hydrogen) atoms. The van der Waals surface area contributed by atoms with E-state index in [1.54, 1.807) is 12.1 Å². The summed E-state index contributed by atoms with van der Waals surface area (Å²) in [5.41, 5.74) is 2.78. The molecule has 0 aliphatic rings. The Hall–Kier alpha value is -1.84. The monoisotopic (exact) mass is 317 g/mol. The standard InChI is InChI=1S/C16H13Cl2N3/c1-21(2)12-6-3-10(4-7-12)16-19-14-9-11(17)5-8-13(14)15(18)20-16/h3-9H,1-2H3. The second-order valence-electron chi connectivity index (χ2n) is 4.94. The summed E-state index contributed by atoms with van der Waals surface area (Å²) >= 11 is 12.3. The first-order valence-corrected chi connectivity index (χ1v) is 7.21. The maximum atomic E-state index is 6.24. The van der Waals surface area contributed by atoms with Crippen LogP contribution in [0.2, 0.25) is 10.2 Å². The number of hydrogen-bond acceptors (Lipinski definition) is 3. The number of fused-ring (bicyclic) bond motifs is 1. The Labute approximate surface area is 133 Å². The van der Waals surface area contributed by atoms with Crippen molar-refractivity contribution in [1.82, 2.24) is 9.97 Å². The maximum absolute atomic E-state index is 6.24. The highest BCUT2D eigenvalue weighted by Gasteiger charge is 2.08. The number of aromatic nitrogens is 2. The van der Waals surface area contributed by atoms with Gasteiger partial charge in [0, 0.05) is 35.8 Å². The average molecular weight is 318 g/mol. The topological polar surface area (TPSA) is 29.0 Å². The van der Waals surface area contributed by atoms with Gasteiger partial charge in [0.25, 0.3) is 0 Å². The minimum atomic E-state index is 0.434. The Morgan fingerprint density at radius 2 is 1.62 bits per heavy atom. The molecule has 0 radical (unpaired) electrons. The molecular weight excluding hydrogens is 305 g/mol. The van der Waals surface area contributed by atoms with Crippen LogP contribution in [0.3, 0.4) is 0 Å². The van der Waals surface area contributed by atoms with Crippen LogP contribution in [-0.4, -0.2) is 24.1 Å². The van der Waals surface area contributed by atoms with Gasteiger partial charge in [-0.15, -0.1) is 0 Å². The first kappa shape index (κ1) is 14.1. The van der Waals surface area contributed by atoms with Crippen molar-refractivity contribution in [1.29, 1.82) is 0 Å². The van der Waals surface area contributed by atoms with Crippen molar-refractivity contribution in [2.45, 2.75) is 0 Å². The molecule has 0 amide bonds. The van der Waals surface area contributed by atoms with Gasteiger partial charge in [0.2, 0.25) is 0 Å². The van der Waals surface area contributed by atoms with Gasteiger partial charge in [0.05, 0.1) is 5.52 Å². The molecular formula is C16H13Cl2N3. The van der Waals surface area contributed by atoms with E-state index in [1.807, 2.05) is 49.3 Å². The molecule has 0 unspecified atom stereocenters. The Balaban J connectivity index is 2.11. The van der Waals surface area contributed by atoms with E-state index in [2.05, 4.69) is 9.97 Å². The van der Waals surface area contributed by atoms with Crippen molar-refractivity contribution < 1.29 is 0 Å². The molecule has 0 saturated carbocycles. The highest BCUT2D eigenvalue weighted by Crippen LogP contribution is 2.27. The Bertz CT molecular complexity index is 798. The van der Waals surface area contributed by atoms with Crippen LogP contribution in [0.5, 0.6) is 0 Å². The van der Waals surface area contributed by atoms with Gasteiger partial charge in [-0.25, -0.2) is 9.97 Å². The van der Waals surface area contributed by atoms with Crippen molar-refractivity contribution in [3.63, 3.8) is 0 Å². The normalized spacial score (nSPS) is 10.9. The van der Waals surface area contributed by atoms with Crippen LogP contribution in [-0.2, 0) is 0 Å². The molecule has 0 fully saturated rings. The smallest absolute Gasteiger partial charge is 0.161 e. The van der Waals surface area contributed by atoms with Crippen LogP contribution in [0, 0.1) is 0 Å². The number of nitrogens with zero attached hydrogens (tertiary/aromatic N) is 3.